The van der Waals surface area contributed by atoms with Crippen molar-refractivity contribution in [2.45, 2.75) is 38.5 Å². The zero-order valence-electron chi connectivity index (χ0n) is 18.8. The fourth-order valence-corrected chi connectivity index (χ4v) is 4.89. The molecule has 1 aliphatic heterocycles. The number of anilines is 1. The topological polar surface area (TPSA) is 84.0 Å². The third-order valence-electron chi connectivity index (χ3n) is 5.30. The number of benzene rings is 2. The minimum atomic E-state index is -3.76. The summed E-state index contributed by atoms with van der Waals surface area (Å²) in [6.07, 6.45) is 1.61. The molecule has 0 radical (unpaired) electrons. The molecule has 3 rings (SSSR count). The van der Waals surface area contributed by atoms with Crippen LogP contribution < -0.4 is 4.90 Å². The van der Waals surface area contributed by atoms with E-state index in [4.69, 9.17) is 4.74 Å². The summed E-state index contributed by atoms with van der Waals surface area (Å²) in [5.74, 6) is -0.670. The number of fused-ring (bicyclic) bond motifs is 1. The van der Waals surface area contributed by atoms with Gasteiger partial charge in [0.05, 0.1) is 22.8 Å². The minimum Gasteiger partial charge on any atom is -0.492 e. The number of carbonyl (C=O) groups is 2. The van der Waals surface area contributed by atoms with Crippen LogP contribution in [0.4, 0.5) is 5.69 Å². The summed E-state index contributed by atoms with van der Waals surface area (Å²) in [4.78, 5) is 26.8. The highest BCUT2D eigenvalue weighted by atomic mass is 32.2. The standard InChI is InChI=1S/C24H28N2O5S/c1-5-7-15-25(4)32(29,30)19-13-14-21-20(16-19)22(24(28)26(21)17(3)27)23(31-6-2)18-11-9-8-10-12-18/h8-14,16H,5-7,15H2,1-4H3. The van der Waals surface area contributed by atoms with Crippen molar-refractivity contribution in [1.82, 2.24) is 4.31 Å². The predicted octanol–water partition coefficient (Wildman–Crippen LogP) is 3.91. The number of hydrogen-bond acceptors (Lipinski definition) is 5. The number of nitrogens with zero attached hydrogens (tertiary/aromatic N) is 2. The molecule has 2 aromatic rings. The zero-order valence-corrected chi connectivity index (χ0v) is 19.6. The first kappa shape index (κ1) is 23.7. The first-order valence-corrected chi connectivity index (χ1v) is 12.1. The van der Waals surface area contributed by atoms with E-state index >= 15 is 0 Å². The Bertz CT molecular complexity index is 1160. The van der Waals surface area contributed by atoms with E-state index in [9.17, 15) is 18.0 Å². The van der Waals surface area contributed by atoms with Gasteiger partial charge in [0.25, 0.3) is 5.91 Å². The summed E-state index contributed by atoms with van der Waals surface area (Å²) < 4.78 is 33.4. The number of unbranched alkanes of at least 4 members (excludes halogenated alkanes) is 1. The molecule has 0 atom stereocenters. The van der Waals surface area contributed by atoms with E-state index in [2.05, 4.69) is 0 Å². The van der Waals surface area contributed by atoms with Crippen LogP contribution in [0.5, 0.6) is 0 Å². The summed E-state index contributed by atoms with van der Waals surface area (Å²) in [6, 6.07) is 13.5. The van der Waals surface area contributed by atoms with Gasteiger partial charge in [0.15, 0.2) is 0 Å². The van der Waals surface area contributed by atoms with E-state index in [0.717, 1.165) is 17.7 Å². The van der Waals surface area contributed by atoms with Crippen molar-refractivity contribution in [2.24, 2.45) is 0 Å². The van der Waals surface area contributed by atoms with Crippen LogP contribution in [0.2, 0.25) is 0 Å². The monoisotopic (exact) mass is 456 g/mol. The highest BCUT2D eigenvalue weighted by Gasteiger charge is 2.39. The molecule has 0 aliphatic carbocycles. The fourth-order valence-electron chi connectivity index (χ4n) is 3.65. The molecule has 2 amide bonds. The van der Waals surface area contributed by atoms with Gasteiger partial charge in [0.1, 0.15) is 5.76 Å². The second-order valence-corrected chi connectivity index (χ2v) is 9.57. The number of amides is 2. The van der Waals surface area contributed by atoms with Crippen molar-refractivity contribution in [3.63, 3.8) is 0 Å². The van der Waals surface area contributed by atoms with Gasteiger partial charge in [-0.25, -0.2) is 17.6 Å². The second kappa shape index (κ2) is 9.67. The van der Waals surface area contributed by atoms with Gasteiger partial charge >= 0.3 is 0 Å². The first-order chi connectivity index (χ1) is 15.2. The summed E-state index contributed by atoms with van der Waals surface area (Å²) in [6.45, 7) is 5.79. The summed E-state index contributed by atoms with van der Waals surface area (Å²) in [5, 5.41) is 0. The lowest BCUT2D eigenvalue weighted by Crippen LogP contribution is -2.31. The maximum Gasteiger partial charge on any atom is 0.269 e. The van der Waals surface area contributed by atoms with Crippen molar-refractivity contribution in [3.8, 4) is 0 Å². The van der Waals surface area contributed by atoms with Crippen LogP contribution in [0.25, 0.3) is 11.3 Å². The van der Waals surface area contributed by atoms with Gasteiger partial charge < -0.3 is 4.74 Å². The molecule has 170 valence electrons. The van der Waals surface area contributed by atoms with Crippen LogP contribution in [0.1, 0.15) is 44.7 Å². The maximum atomic E-state index is 13.3. The molecule has 0 unspecified atom stereocenters. The second-order valence-electron chi connectivity index (χ2n) is 7.52. The Morgan fingerprint density at radius 2 is 1.78 bits per heavy atom. The predicted molar refractivity (Wildman–Crippen MR) is 124 cm³/mol. The third-order valence-corrected chi connectivity index (χ3v) is 7.15. The normalized spacial score (nSPS) is 15.2. The van der Waals surface area contributed by atoms with Crippen molar-refractivity contribution >= 4 is 38.9 Å². The SMILES string of the molecule is CCCCN(C)S(=O)(=O)c1ccc2c(c1)C(=C(OCC)c1ccccc1)C(=O)N2C(C)=O. The molecule has 1 aliphatic rings. The molecule has 32 heavy (non-hydrogen) atoms. The number of sulfonamides is 1. The largest absolute Gasteiger partial charge is 0.492 e. The Labute approximate surface area is 189 Å². The van der Waals surface area contributed by atoms with Crippen LogP contribution in [0, 0.1) is 0 Å². The van der Waals surface area contributed by atoms with Gasteiger partial charge in [-0.1, -0.05) is 43.7 Å². The Balaban J connectivity index is 2.25. The van der Waals surface area contributed by atoms with E-state index in [1.807, 2.05) is 25.1 Å². The van der Waals surface area contributed by atoms with E-state index in [0.29, 0.717) is 35.7 Å². The van der Waals surface area contributed by atoms with Crippen molar-refractivity contribution in [3.05, 3.63) is 59.7 Å². The van der Waals surface area contributed by atoms with Gasteiger partial charge in [-0.3, -0.25) is 9.59 Å². The molecule has 2 aromatic carbocycles. The average Bonchev–Trinajstić information content (AvgIpc) is 3.07. The Hall–Kier alpha value is -2.97. The van der Waals surface area contributed by atoms with E-state index in [1.165, 1.54) is 36.5 Å². The van der Waals surface area contributed by atoms with E-state index in [1.54, 1.807) is 19.1 Å². The summed E-state index contributed by atoms with van der Waals surface area (Å²) in [5.41, 5.74) is 1.56. The molecular formula is C24H28N2O5S. The Morgan fingerprint density at radius 1 is 1.09 bits per heavy atom. The molecule has 0 N–H and O–H groups in total. The number of carbonyl (C=O) groups excluding carboxylic acids is 2. The van der Waals surface area contributed by atoms with Crippen LogP contribution in [-0.4, -0.2) is 44.7 Å². The Morgan fingerprint density at radius 3 is 2.38 bits per heavy atom. The quantitative estimate of drug-likeness (QED) is 0.444. The Kier molecular flexibility index (Phi) is 7.16. The molecule has 0 saturated heterocycles. The van der Waals surface area contributed by atoms with E-state index < -0.39 is 21.8 Å². The molecule has 0 fully saturated rings. The summed E-state index contributed by atoms with van der Waals surface area (Å²) in [7, 11) is -2.22. The average molecular weight is 457 g/mol. The molecule has 1 heterocycles. The molecule has 8 heteroatoms. The lowest BCUT2D eigenvalue weighted by Gasteiger charge is -2.18. The first-order valence-electron chi connectivity index (χ1n) is 10.6. The van der Waals surface area contributed by atoms with Gasteiger partial charge in [-0.05, 0) is 31.5 Å². The van der Waals surface area contributed by atoms with Crippen LogP contribution in [0.3, 0.4) is 0 Å². The number of imide groups is 1. The van der Waals surface area contributed by atoms with Gasteiger partial charge in [-0.2, -0.15) is 0 Å². The lowest BCUT2D eigenvalue weighted by atomic mass is 10.0. The lowest BCUT2D eigenvalue weighted by molar-refractivity contribution is -0.122. The van der Waals surface area contributed by atoms with Crippen LogP contribution in [-0.2, 0) is 24.3 Å². The molecule has 0 bridgehead atoms. The molecule has 7 nitrogen and oxygen atoms in total. The van der Waals surface area contributed by atoms with Gasteiger partial charge in [0, 0.05) is 31.6 Å². The highest BCUT2D eigenvalue weighted by molar-refractivity contribution is 7.89. The zero-order chi connectivity index (χ0) is 23.5. The maximum absolute atomic E-state index is 13.3. The van der Waals surface area contributed by atoms with Crippen molar-refractivity contribution in [2.75, 3.05) is 25.1 Å². The van der Waals surface area contributed by atoms with Crippen molar-refractivity contribution in [1.29, 1.82) is 0 Å². The molecule has 0 aromatic heterocycles. The van der Waals surface area contributed by atoms with E-state index in [-0.39, 0.29) is 10.5 Å². The number of rotatable bonds is 8. The minimum absolute atomic E-state index is 0.0643. The third kappa shape index (κ3) is 4.33. The summed E-state index contributed by atoms with van der Waals surface area (Å²) >= 11 is 0. The smallest absolute Gasteiger partial charge is 0.269 e. The van der Waals surface area contributed by atoms with Crippen molar-refractivity contribution < 1.29 is 22.7 Å². The van der Waals surface area contributed by atoms with Crippen LogP contribution in [0.15, 0.2) is 53.4 Å². The van der Waals surface area contributed by atoms with Gasteiger partial charge in [-0.15, -0.1) is 0 Å². The number of hydrogen-bond donors (Lipinski definition) is 0. The van der Waals surface area contributed by atoms with Crippen LogP contribution >= 0.6 is 0 Å². The van der Waals surface area contributed by atoms with Gasteiger partial charge in [0.2, 0.25) is 15.9 Å². The number of ether oxygens (including phenoxy) is 1. The fraction of sp³-hybridized carbons (Fsp3) is 0.333. The molecular weight excluding hydrogens is 428 g/mol. The molecule has 0 spiro atoms. The highest BCUT2D eigenvalue weighted by Crippen LogP contribution is 2.42. The molecule has 0 saturated carbocycles.